The molecule has 1 aliphatic heterocycles. The van der Waals surface area contributed by atoms with Crippen molar-refractivity contribution in [3.05, 3.63) is 12.2 Å². The Labute approximate surface area is 577 Å². The lowest BCUT2D eigenvalue weighted by Crippen LogP contribution is -2.66. The summed E-state index contributed by atoms with van der Waals surface area (Å²) in [4.78, 5) is 177. The van der Waals surface area contributed by atoms with Crippen molar-refractivity contribution >= 4 is 82.5 Å². The number of ether oxygens (including phenoxy) is 2. The summed E-state index contributed by atoms with van der Waals surface area (Å²) in [5, 5.41) is 25.6. The van der Waals surface area contributed by atoms with E-state index in [0.29, 0.717) is 19.3 Å². The molecule has 9 unspecified atom stereocenters. The van der Waals surface area contributed by atoms with Gasteiger partial charge < -0.3 is 70.6 Å². The van der Waals surface area contributed by atoms with E-state index >= 15 is 9.59 Å². The molecule has 1 rings (SSSR count). The molecular weight excluding hydrogens is 1260 g/mol. The fraction of sp³-hybridized carbons (Fsp3) is 0.794. The molecule has 0 radical (unpaired) electrons. The summed E-state index contributed by atoms with van der Waals surface area (Å²) in [7, 11) is 11.6. The van der Waals surface area contributed by atoms with Crippen molar-refractivity contribution in [1.29, 1.82) is 0 Å². The molecule has 28 heteroatoms. The first-order chi connectivity index (χ1) is 44.5. The van der Waals surface area contributed by atoms with Crippen LogP contribution in [0.25, 0.3) is 0 Å². The number of methoxy groups -OCH3 is 1. The Morgan fingerprint density at radius 2 is 1.12 bits per heavy atom. The average molecular weight is 1380 g/mol. The van der Waals surface area contributed by atoms with Crippen LogP contribution in [0.4, 0.5) is 0 Å². The monoisotopic (exact) mass is 1380 g/mol. The van der Waals surface area contributed by atoms with Crippen molar-refractivity contribution < 1.29 is 72.1 Å². The van der Waals surface area contributed by atoms with Crippen molar-refractivity contribution in [2.45, 2.75) is 248 Å². The first kappa shape index (κ1) is 87.6. The highest BCUT2D eigenvalue weighted by atomic mass is 35.5. The summed E-state index contributed by atoms with van der Waals surface area (Å²) in [6, 6.07) is -12.0. The topological polar surface area (TPSA) is 326 Å². The third-order valence-electron chi connectivity index (χ3n) is 17.8. The Morgan fingerprint density at radius 1 is 0.604 bits per heavy atom. The zero-order valence-corrected chi connectivity index (χ0v) is 63.0. The highest BCUT2D eigenvalue weighted by Gasteiger charge is 2.48. The molecule has 1 saturated heterocycles. The fourth-order valence-electron chi connectivity index (χ4n) is 11.9. The summed E-state index contributed by atoms with van der Waals surface area (Å²) >= 11 is 5.85. The minimum atomic E-state index is -1.57. The Balaban J connectivity index is 3.57. The molecule has 1 aliphatic rings. The van der Waals surface area contributed by atoms with Gasteiger partial charge in [0.05, 0.1) is 37.9 Å². The Kier molecular flexibility index (Phi) is 37.5. The number of hydrogen-bond donors (Lipinski definition) is 6. The Morgan fingerprint density at radius 3 is 1.60 bits per heavy atom. The number of nitrogens with one attached hydrogen (secondary N) is 5. The van der Waals surface area contributed by atoms with Crippen LogP contribution >= 0.6 is 11.6 Å². The summed E-state index contributed by atoms with van der Waals surface area (Å²) in [5.74, 6) is -9.38. The molecule has 11 amide bonds. The molecule has 550 valence electrons. The van der Waals surface area contributed by atoms with Gasteiger partial charge in [0.25, 0.3) is 0 Å². The van der Waals surface area contributed by atoms with Crippen LogP contribution in [0.3, 0.4) is 0 Å². The molecule has 96 heavy (non-hydrogen) atoms. The zero-order chi connectivity index (χ0) is 74.2. The van der Waals surface area contributed by atoms with Crippen LogP contribution in [-0.4, -0.2) is 264 Å². The predicted octanol–water partition coefficient (Wildman–Crippen LogP) is 3.12. The number of carbonyl (C=O) groups is 12. The number of amides is 11. The number of esters is 1. The number of hydrogen-bond acceptors (Lipinski definition) is 16. The van der Waals surface area contributed by atoms with Crippen molar-refractivity contribution in [3.8, 4) is 0 Å². The van der Waals surface area contributed by atoms with Crippen molar-refractivity contribution in [2.24, 2.45) is 35.5 Å². The lowest BCUT2D eigenvalue weighted by atomic mass is 9.91. The SMILES string of the molecule is C/C=C/C[C@@H](C)C(O)[C@@H](C(=O)NC(CC)C(=O)N(C)CC(=O)NC(CC)C(=O)OC)N(C)C(=O)C(C(C)C)N(C)C(=O)[C@@H]1CC(C)OC([C@H](CC(C)C)N(C)C(=O)C(C)NC(=O)[C@H](C)NC(=O)C(CC(C)C)N(C)C(=O)[C@@H](NC(=O)C(CC(C)C)N(C)C(=O)CCl)C(C)C)N1C. The molecule has 15 atom stereocenters. The second kappa shape index (κ2) is 41.1. The average Bonchev–Trinajstić information content (AvgIpc) is 0.790. The van der Waals surface area contributed by atoms with Crippen LogP contribution < -0.4 is 26.6 Å². The molecule has 0 bridgehead atoms. The van der Waals surface area contributed by atoms with Crippen LogP contribution in [0.2, 0.25) is 0 Å². The van der Waals surface area contributed by atoms with Gasteiger partial charge in [-0.2, -0.15) is 0 Å². The Bertz CT molecular complexity index is 2640. The minimum absolute atomic E-state index is 0.0115. The number of aliphatic hydroxyl groups excluding tert-OH is 1. The van der Waals surface area contributed by atoms with Crippen LogP contribution in [-0.2, 0) is 67.0 Å². The second-order valence-corrected chi connectivity index (χ2v) is 28.3. The molecule has 0 saturated carbocycles. The molecule has 0 aliphatic carbocycles. The van der Waals surface area contributed by atoms with E-state index in [-0.39, 0.29) is 49.3 Å². The number of allylic oxidation sites excluding steroid dienone is 2. The van der Waals surface area contributed by atoms with Gasteiger partial charge in [-0.25, -0.2) is 4.79 Å². The number of carbonyl (C=O) groups excluding carboxylic acids is 12. The smallest absolute Gasteiger partial charge is 0.328 e. The van der Waals surface area contributed by atoms with Crippen molar-refractivity contribution in [2.75, 3.05) is 68.9 Å². The number of likely N-dealkylation sites (N-methyl/N-ethyl adjacent to an activating group) is 7. The highest BCUT2D eigenvalue weighted by Crippen LogP contribution is 2.31. The van der Waals surface area contributed by atoms with Gasteiger partial charge in [-0.05, 0) is 115 Å². The van der Waals surface area contributed by atoms with Crippen molar-refractivity contribution in [1.82, 2.24) is 60.9 Å². The summed E-state index contributed by atoms with van der Waals surface area (Å²) in [6.45, 7) is 29.6. The van der Waals surface area contributed by atoms with Gasteiger partial charge >= 0.3 is 5.97 Å². The van der Waals surface area contributed by atoms with E-state index in [1.165, 1.54) is 75.8 Å². The maximum Gasteiger partial charge on any atom is 0.328 e. The van der Waals surface area contributed by atoms with Crippen LogP contribution in [0, 0.1) is 35.5 Å². The van der Waals surface area contributed by atoms with E-state index in [1.807, 2.05) is 47.6 Å². The van der Waals surface area contributed by atoms with Gasteiger partial charge in [0.1, 0.15) is 66.5 Å². The first-order valence-electron chi connectivity index (χ1n) is 33.9. The Hall–Kier alpha value is -6.45. The molecule has 27 nitrogen and oxygen atoms in total. The van der Waals surface area contributed by atoms with Gasteiger partial charge in [-0.15, -0.1) is 11.6 Å². The quantitative estimate of drug-likeness (QED) is 0.0294. The van der Waals surface area contributed by atoms with Crippen molar-refractivity contribution in [3.63, 3.8) is 0 Å². The normalized spacial score (nSPS) is 18.9. The predicted molar refractivity (Wildman–Crippen MR) is 368 cm³/mol. The lowest BCUT2D eigenvalue weighted by Gasteiger charge is -2.49. The number of alkyl halides is 1. The van der Waals surface area contributed by atoms with Gasteiger partial charge in [0.2, 0.25) is 65.0 Å². The third kappa shape index (κ3) is 25.1. The second-order valence-electron chi connectivity index (χ2n) is 28.0. The zero-order valence-electron chi connectivity index (χ0n) is 62.2. The van der Waals surface area contributed by atoms with Gasteiger partial charge in [-0.3, -0.25) is 57.6 Å². The largest absolute Gasteiger partial charge is 0.467 e. The van der Waals surface area contributed by atoms with E-state index in [4.69, 9.17) is 21.1 Å². The maximum atomic E-state index is 15.2. The number of halogens is 1. The lowest BCUT2D eigenvalue weighted by molar-refractivity contribution is -0.191. The number of nitrogens with zero attached hydrogens (tertiary/aromatic N) is 7. The number of rotatable bonds is 38. The third-order valence-corrected chi connectivity index (χ3v) is 18.1. The number of aliphatic hydroxyl groups is 1. The van der Waals surface area contributed by atoms with Crippen LogP contribution in [0.5, 0.6) is 0 Å². The molecule has 0 aromatic carbocycles. The molecule has 0 aromatic rings. The molecule has 1 heterocycles. The summed E-state index contributed by atoms with van der Waals surface area (Å²) in [5.41, 5.74) is 0. The first-order valence-corrected chi connectivity index (χ1v) is 34.4. The highest BCUT2D eigenvalue weighted by molar-refractivity contribution is 6.27. The summed E-state index contributed by atoms with van der Waals surface area (Å²) in [6.07, 6.45) is 2.35. The van der Waals surface area contributed by atoms with E-state index < -0.39 is 180 Å². The van der Waals surface area contributed by atoms with E-state index in [0.717, 1.165) is 9.80 Å². The van der Waals surface area contributed by atoms with Crippen LogP contribution in [0.15, 0.2) is 12.2 Å². The van der Waals surface area contributed by atoms with Gasteiger partial charge in [0.15, 0.2) is 0 Å². The van der Waals surface area contributed by atoms with Gasteiger partial charge in [-0.1, -0.05) is 102 Å². The van der Waals surface area contributed by atoms with Crippen LogP contribution in [0.1, 0.15) is 163 Å². The maximum absolute atomic E-state index is 15.2. The van der Waals surface area contributed by atoms with Gasteiger partial charge in [0, 0.05) is 42.3 Å². The summed E-state index contributed by atoms with van der Waals surface area (Å²) < 4.78 is 11.4. The standard InChI is InChI=1S/C68H121ClN12O15/c1-26-29-30-42(14)57(84)56(61(88)73-46(27-2)63(90)75(18)36-52(82)72-47(28-3)68(94)95-25)81(24)66(93)55(41(12)13)80(23)64(91)50-34-43(15)96-67(79(50)22)51(33-39(8)9)78(21)62(89)45(17)71-58(85)44(16)70-59(86)49(32-38(6)7)77(20)65(92)54(40(10)11)74-60(87)48(31-37(4)5)76(19)53(83)35-69/h26,29,37-51,54-57,67,84H,27-28,30-36H2,1-25H3,(H,70,86)(H,71,85)(H,72,82)(H,73,88)(H,74,87)/b29-26+/t42-,43?,44+,45?,46?,47?,48?,49?,50+,51+,54+,55?,56+,57?,67?/m1/s1. The van der Waals surface area contributed by atoms with E-state index in [1.54, 1.807) is 87.4 Å². The molecular formula is C68H121ClN12O15. The fourth-order valence-corrected chi connectivity index (χ4v) is 12.1. The van der Waals surface area contributed by atoms with E-state index in [9.17, 15) is 53.1 Å². The molecule has 0 spiro atoms. The van der Waals surface area contributed by atoms with E-state index in [2.05, 4.69) is 26.6 Å². The molecule has 0 aromatic heterocycles. The molecule has 6 N–H and O–H groups in total. The minimum Gasteiger partial charge on any atom is -0.467 e. The molecule has 1 fully saturated rings.